The standard InChI is InChI=1S/C16H18Cl3NO5S/c1-20-8-9(5-6-11(21)24-2)7-10(14(22)16(17,18)19)12(20)13(26-4)15(23)25-3/h5-8,12-13H,1-4H3/b6-5+. The van der Waals surface area contributed by atoms with E-state index in [2.05, 4.69) is 4.74 Å². The van der Waals surface area contributed by atoms with Gasteiger partial charge in [-0.3, -0.25) is 9.59 Å². The van der Waals surface area contributed by atoms with Crippen molar-refractivity contribution in [1.29, 1.82) is 0 Å². The summed E-state index contributed by atoms with van der Waals surface area (Å²) in [5.74, 6) is -1.84. The molecule has 0 saturated carbocycles. The van der Waals surface area contributed by atoms with Crippen LogP contribution in [-0.4, -0.2) is 65.2 Å². The molecule has 26 heavy (non-hydrogen) atoms. The molecule has 1 rings (SSSR count). The quantitative estimate of drug-likeness (QED) is 0.356. The smallest absolute Gasteiger partial charge is 0.330 e. The number of nitrogens with zero attached hydrogens (tertiary/aromatic N) is 1. The molecule has 0 amide bonds. The Kier molecular flexibility index (Phi) is 8.53. The average Bonchev–Trinajstić information content (AvgIpc) is 2.59. The second kappa shape index (κ2) is 9.69. The highest BCUT2D eigenvalue weighted by molar-refractivity contribution is 8.00. The summed E-state index contributed by atoms with van der Waals surface area (Å²) >= 11 is 18.5. The molecule has 0 fully saturated rings. The average molecular weight is 443 g/mol. The maximum absolute atomic E-state index is 12.7. The van der Waals surface area contributed by atoms with Crippen molar-refractivity contribution in [2.45, 2.75) is 15.1 Å². The third-order valence-electron chi connectivity index (χ3n) is 3.54. The number of esters is 2. The van der Waals surface area contributed by atoms with E-state index >= 15 is 0 Å². The lowest BCUT2D eigenvalue weighted by Crippen LogP contribution is -2.47. The van der Waals surface area contributed by atoms with Crippen molar-refractivity contribution < 1.29 is 23.9 Å². The zero-order valence-corrected chi connectivity index (χ0v) is 17.6. The number of halogens is 3. The number of hydrogen-bond acceptors (Lipinski definition) is 7. The van der Waals surface area contributed by atoms with E-state index in [1.165, 1.54) is 44.2 Å². The van der Waals surface area contributed by atoms with E-state index in [0.29, 0.717) is 5.57 Å². The monoisotopic (exact) mass is 441 g/mol. The minimum Gasteiger partial charge on any atom is -0.468 e. The molecular formula is C16H18Cl3NO5S. The predicted octanol–water partition coefficient (Wildman–Crippen LogP) is 2.68. The molecule has 0 bridgehead atoms. The van der Waals surface area contributed by atoms with Crippen LogP contribution in [0.4, 0.5) is 0 Å². The van der Waals surface area contributed by atoms with E-state index in [9.17, 15) is 14.4 Å². The molecule has 1 aliphatic rings. The fourth-order valence-electron chi connectivity index (χ4n) is 2.37. The summed E-state index contributed by atoms with van der Waals surface area (Å²) in [6.45, 7) is 0. The van der Waals surface area contributed by atoms with Gasteiger partial charge in [0.15, 0.2) is 0 Å². The lowest BCUT2D eigenvalue weighted by Gasteiger charge is -2.36. The number of rotatable bonds is 6. The van der Waals surface area contributed by atoms with Crippen molar-refractivity contribution >= 4 is 64.3 Å². The van der Waals surface area contributed by atoms with Crippen LogP contribution in [0.5, 0.6) is 0 Å². The summed E-state index contributed by atoms with van der Waals surface area (Å²) < 4.78 is 7.16. The molecule has 0 aliphatic carbocycles. The summed E-state index contributed by atoms with van der Waals surface area (Å²) in [6, 6.07) is -0.712. The lowest BCUT2D eigenvalue weighted by atomic mass is 9.93. The number of likely N-dealkylation sites (N-methyl/N-ethyl adjacent to an activating group) is 1. The number of alkyl halides is 3. The number of allylic oxidation sites excluding steroid dienone is 3. The van der Waals surface area contributed by atoms with Gasteiger partial charge in [-0.15, -0.1) is 11.8 Å². The van der Waals surface area contributed by atoms with E-state index in [0.717, 1.165) is 0 Å². The Hall–Kier alpha value is -1.15. The number of methoxy groups -OCH3 is 2. The summed E-state index contributed by atoms with van der Waals surface area (Å²) in [5, 5.41) is -0.727. The van der Waals surface area contributed by atoms with Gasteiger partial charge in [-0.1, -0.05) is 34.8 Å². The highest BCUT2D eigenvalue weighted by atomic mass is 35.6. The minimum atomic E-state index is -2.20. The summed E-state index contributed by atoms with van der Waals surface area (Å²) in [5.41, 5.74) is 0.612. The van der Waals surface area contributed by atoms with Crippen molar-refractivity contribution in [3.63, 3.8) is 0 Å². The SMILES string of the molecule is COC(=O)/C=C/C1=CN(C)C(C(SC)C(=O)OC)C(C(=O)C(Cl)(Cl)Cl)=C1. The maximum Gasteiger partial charge on any atom is 0.330 e. The highest BCUT2D eigenvalue weighted by Crippen LogP contribution is 2.36. The van der Waals surface area contributed by atoms with Crippen LogP contribution < -0.4 is 0 Å². The Labute approximate surface area is 171 Å². The molecule has 10 heteroatoms. The van der Waals surface area contributed by atoms with E-state index in [1.807, 2.05) is 0 Å². The molecule has 0 N–H and O–H groups in total. The second-order valence-electron chi connectivity index (χ2n) is 5.20. The molecule has 0 radical (unpaired) electrons. The van der Waals surface area contributed by atoms with Crippen LogP contribution in [0, 0.1) is 0 Å². The summed E-state index contributed by atoms with van der Waals surface area (Å²) in [7, 11) is 4.17. The van der Waals surface area contributed by atoms with Gasteiger partial charge in [-0.2, -0.15) is 0 Å². The van der Waals surface area contributed by atoms with Crippen molar-refractivity contribution in [2.75, 3.05) is 27.5 Å². The number of hydrogen-bond donors (Lipinski definition) is 0. The Bertz CT molecular complexity index is 669. The van der Waals surface area contributed by atoms with Crippen LogP contribution >= 0.6 is 46.6 Å². The maximum atomic E-state index is 12.7. The van der Waals surface area contributed by atoms with Crippen molar-refractivity contribution in [1.82, 2.24) is 4.90 Å². The van der Waals surface area contributed by atoms with E-state index in [4.69, 9.17) is 39.5 Å². The van der Waals surface area contributed by atoms with Gasteiger partial charge in [0.05, 0.1) is 20.3 Å². The number of ketones is 1. The Morgan fingerprint density at radius 2 is 1.88 bits per heavy atom. The first-order chi connectivity index (χ1) is 12.1. The Morgan fingerprint density at radius 3 is 2.35 bits per heavy atom. The third kappa shape index (κ3) is 5.67. The summed E-state index contributed by atoms with van der Waals surface area (Å²) in [6.07, 6.45) is 7.49. The van der Waals surface area contributed by atoms with Gasteiger partial charge in [0.25, 0.3) is 3.79 Å². The number of carbonyl (C=O) groups excluding carboxylic acids is 3. The molecule has 0 aromatic heterocycles. The van der Waals surface area contributed by atoms with Crippen LogP contribution in [0.1, 0.15) is 0 Å². The molecule has 1 aliphatic heterocycles. The van der Waals surface area contributed by atoms with Gasteiger partial charge in [0.1, 0.15) is 5.25 Å². The van der Waals surface area contributed by atoms with Crippen molar-refractivity contribution in [2.24, 2.45) is 0 Å². The van der Waals surface area contributed by atoms with Gasteiger partial charge in [0, 0.05) is 24.9 Å². The fraction of sp³-hybridized carbons (Fsp3) is 0.438. The first-order valence-corrected chi connectivity index (χ1v) is 9.62. The van der Waals surface area contributed by atoms with Gasteiger partial charge < -0.3 is 14.4 Å². The molecule has 0 saturated heterocycles. The van der Waals surface area contributed by atoms with Crippen LogP contribution in [0.25, 0.3) is 0 Å². The molecule has 6 nitrogen and oxygen atoms in total. The fourth-order valence-corrected chi connectivity index (χ4v) is 3.58. The van der Waals surface area contributed by atoms with Crippen LogP contribution in [0.2, 0.25) is 0 Å². The zero-order valence-electron chi connectivity index (χ0n) is 14.5. The molecular weight excluding hydrogens is 425 g/mol. The van der Waals surface area contributed by atoms with Crippen molar-refractivity contribution in [3.8, 4) is 0 Å². The van der Waals surface area contributed by atoms with Crippen molar-refractivity contribution in [3.05, 3.63) is 35.6 Å². The number of ether oxygens (including phenoxy) is 2. The number of Topliss-reactive ketones (excluding diaryl/α,β-unsaturated/α-hetero) is 1. The second-order valence-corrected chi connectivity index (χ2v) is 8.46. The minimum absolute atomic E-state index is 0.115. The highest BCUT2D eigenvalue weighted by Gasteiger charge is 2.43. The molecule has 0 spiro atoms. The molecule has 144 valence electrons. The number of thioether (sulfide) groups is 1. The Morgan fingerprint density at radius 1 is 1.27 bits per heavy atom. The Balaban J connectivity index is 3.40. The molecule has 0 aromatic carbocycles. The van der Waals surface area contributed by atoms with Gasteiger partial charge in [-0.05, 0) is 24.0 Å². The zero-order chi connectivity index (χ0) is 20.1. The van der Waals surface area contributed by atoms with Gasteiger partial charge in [0.2, 0.25) is 5.78 Å². The molecule has 0 aromatic rings. The normalized spacial score (nSPS) is 18.9. The first-order valence-electron chi connectivity index (χ1n) is 7.20. The van der Waals surface area contributed by atoms with Crippen LogP contribution in [0.15, 0.2) is 35.6 Å². The van der Waals surface area contributed by atoms with Crippen LogP contribution in [-0.2, 0) is 23.9 Å². The lowest BCUT2D eigenvalue weighted by molar-refractivity contribution is -0.140. The van der Waals surface area contributed by atoms with E-state index in [-0.39, 0.29) is 5.57 Å². The van der Waals surface area contributed by atoms with E-state index < -0.39 is 32.8 Å². The molecule has 2 unspecified atom stereocenters. The molecule has 2 atom stereocenters. The van der Waals surface area contributed by atoms with Gasteiger partial charge in [-0.25, -0.2) is 4.79 Å². The predicted molar refractivity (Wildman–Crippen MR) is 103 cm³/mol. The molecule has 1 heterocycles. The third-order valence-corrected chi connectivity index (χ3v) is 5.01. The first kappa shape index (κ1) is 22.9. The number of carbonyl (C=O) groups is 3. The van der Waals surface area contributed by atoms with Crippen LogP contribution in [0.3, 0.4) is 0 Å². The topological polar surface area (TPSA) is 72.9 Å². The largest absolute Gasteiger partial charge is 0.468 e. The van der Waals surface area contributed by atoms with Gasteiger partial charge >= 0.3 is 11.9 Å². The van der Waals surface area contributed by atoms with E-state index in [1.54, 1.807) is 24.4 Å². The summed E-state index contributed by atoms with van der Waals surface area (Å²) in [4.78, 5) is 37.7.